The first-order chi connectivity index (χ1) is 12.0. The molecule has 1 saturated heterocycles. The number of amides is 1. The van der Waals surface area contributed by atoms with E-state index >= 15 is 0 Å². The second-order valence-corrected chi connectivity index (χ2v) is 7.19. The Labute approximate surface area is 150 Å². The topological polar surface area (TPSA) is 74.4 Å². The molecule has 2 rings (SSSR count). The number of aromatic amines is 1. The number of hydrogen-bond donors (Lipinski definition) is 2. The van der Waals surface area contributed by atoms with Gasteiger partial charge in [-0.2, -0.15) is 0 Å². The average molecular weight is 349 g/mol. The van der Waals surface area contributed by atoms with Crippen LogP contribution in [0.5, 0.6) is 0 Å². The molecule has 0 saturated carbocycles. The molecule has 0 unspecified atom stereocenters. The molecule has 1 aromatic rings. The van der Waals surface area contributed by atoms with E-state index in [1.165, 1.54) is 0 Å². The fraction of sp³-hybridized carbons (Fsp3) is 0.684. The van der Waals surface area contributed by atoms with Crippen LogP contribution in [0, 0.1) is 5.92 Å². The Hall–Kier alpha value is -1.66. The van der Waals surface area contributed by atoms with Crippen molar-refractivity contribution in [1.29, 1.82) is 0 Å². The second-order valence-electron chi connectivity index (χ2n) is 7.19. The van der Waals surface area contributed by atoms with E-state index in [1.54, 1.807) is 13.2 Å². The van der Waals surface area contributed by atoms with Gasteiger partial charge in [0.25, 0.3) is 11.5 Å². The lowest BCUT2D eigenvalue weighted by Crippen LogP contribution is -2.42. The maximum Gasteiger partial charge on any atom is 0.261 e. The molecule has 1 aliphatic heterocycles. The molecule has 2 atom stereocenters. The zero-order valence-electron chi connectivity index (χ0n) is 15.8. The van der Waals surface area contributed by atoms with Gasteiger partial charge in [0.2, 0.25) is 0 Å². The van der Waals surface area contributed by atoms with E-state index in [0.29, 0.717) is 12.5 Å². The highest BCUT2D eigenvalue weighted by molar-refractivity contribution is 5.94. The molecule has 1 aromatic heterocycles. The number of carbonyl (C=O) groups is 1. The zero-order valence-corrected chi connectivity index (χ0v) is 15.8. The van der Waals surface area contributed by atoms with Crippen LogP contribution < -0.4 is 10.9 Å². The van der Waals surface area contributed by atoms with Crippen molar-refractivity contribution < 1.29 is 9.53 Å². The normalized spacial score (nSPS) is 21.0. The van der Waals surface area contributed by atoms with E-state index in [1.807, 2.05) is 19.9 Å². The summed E-state index contributed by atoms with van der Waals surface area (Å²) in [6.07, 6.45) is 2.15. The van der Waals surface area contributed by atoms with Gasteiger partial charge in [0, 0.05) is 38.5 Å². The van der Waals surface area contributed by atoms with Gasteiger partial charge in [0.15, 0.2) is 0 Å². The monoisotopic (exact) mass is 349 g/mol. The highest BCUT2D eigenvalue weighted by atomic mass is 16.5. The van der Waals surface area contributed by atoms with Gasteiger partial charge >= 0.3 is 0 Å². The molecule has 25 heavy (non-hydrogen) atoms. The van der Waals surface area contributed by atoms with Gasteiger partial charge in [0.1, 0.15) is 5.56 Å². The molecular weight excluding hydrogens is 318 g/mol. The van der Waals surface area contributed by atoms with Crippen molar-refractivity contribution in [2.24, 2.45) is 5.92 Å². The van der Waals surface area contributed by atoms with Crippen LogP contribution in [0.2, 0.25) is 0 Å². The molecule has 6 nitrogen and oxygen atoms in total. The van der Waals surface area contributed by atoms with Crippen molar-refractivity contribution in [3.05, 3.63) is 33.7 Å². The first kappa shape index (κ1) is 19.7. The van der Waals surface area contributed by atoms with E-state index in [4.69, 9.17) is 4.74 Å². The molecule has 0 bridgehead atoms. The van der Waals surface area contributed by atoms with Crippen molar-refractivity contribution in [2.75, 3.05) is 33.4 Å². The summed E-state index contributed by atoms with van der Waals surface area (Å²) in [6.45, 7) is 9.50. The predicted octanol–water partition coefficient (Wildman–Crippen LogP) is 1.97. The molecule has 0 radical (unpaired) electrons. The SMILES string of the molecule is CCC[C@@H]1CN(CCOC)C[C@H]1NC(=O)c1ccc(C(C)C)[nH]c1=O. The largest absolute Gasteiger partial charge is 0.383 e. The third-order valence-electron chi connectivity index (χ3n) is 4.90. The number of carbonyl (C=O) groups excluding carboxylic acids is 1. The van der Waals surface area contributed by atoms with E-state index < -0.39 is 0 Å². The number of nitrogens with zero attached hydrogens (tertiary/aromatic N) is 1. The minimum absolute atomic E-state index is 0.0773. The van der Waals surface area contributed by atoms with Gasteiger partial charge in [-0.1, -0.05) is 27.2 Å². The van der Waals surface area contributed by atoms with Gasteiger partial charge in [-0.05, 0) is 30.4 Å². The number of nitrogens with one attached hydrogen (secondary N) is 2. The fourth-order valence-corrected chi connectivity index (χ4v) is 3.44. The lowest BCUT2D eigenvalue weighted by molar-refractivity contribution is 0.0927. The molecule has 1 aliphatic rings. The first-order valence-corrected chi connectivity index (χ1v) is 9.21. The number of ether oxygens (including phenoxy) is 1. The van der Waals surface area contributed by atoms with Crippen molar-refractivity contribution in [1.82, 2.24) is 15.2 Å². The van der Waals surface area contributed by atoms with Crippen LogP contribution in [0.1, 0.15) is 55.6 Å². The van der Waals surface area contributed by atoms with Crippen LogP contribution in [-0.4, -0.2) is 55.2 Å². The van der Waals surface area contributed by atoms with Crippen LogP contribution in [0.15, 0.2) is 16.9 Å². The first-order valence-electron chi connectivity index (χ1n) is 9.21. The van der Waals surface area contributed by atoms with E-state index in [2.05, 4.69) is 22.1 Å². The Morgan fingerprint density at radius 1 is 1.40 bits per heavy atom. The summed E-state index contributed by atoms with van der Waals surface area (Å²) in [5, 5.41) is 3.08. The van der Waals surface area contributed by atoms with Crippen molar-refractivity contribution in [2.45, 2.75) is 45.6 Å². The summed E-state index contributed by atoms with van der Waals surface area (Å²) in [4.78, 5) is 30.0. The molecule has 6 heteroatoms. The smallest absolute Gasteiger partial charge is 0.261 e. The minimum Gasteiger partial charge on any atom is -0.383 e. The van der Waals surface area contributed by atoms with Crippen LogP contribution in [0.4, 0.5) is 0 Å². The summed E-state index contributed by atoms with van der Waals surface area (Å²) in [5.74, 6) is 0.360. The number of aromatic nitrogens is 1. The summed E-state index contributed by atoms with van der Waals surface area (Å²) in [6, 6.07) is 3.54. The Morgan fingerprint density at radius 3 is 2.76 bits per heavy atom. The van der Waals surface area contributed by atoms with E-state index in [-0.39, 0.29) is 29.0 Å². The highest BCUT2D eigenvalue weighted by Gasteiger charge is 2.33. The number of H-pyrrole nitrogens is 1. The third kappa shape index (κ3) is 5.16. The van der Waals surface area contributed by atoms with Crippen molar-refractivity contribution >= 4 is 5.91 Å². The number of hydrogen-bond acceptors (Lipinski definition) is 4. The fourth-order valence-electron chi connectivity index (χ4n) is 3.44. The summed E-state index contributed by atoms with van der Waals surface area (Å²) in [7, 11) is 1.70. The molecule has 0 aromatic carbocycles. The summed E-state index contributed by atoms with van der Waals surface area (Å²) < 4.78 is 5.16. The Balaban J connectivity index is 2.06. The van der Waals surface area contributed by atoms with Crippen LogP contribution in [0.25, 0.3) is 0 Å². The van der Waals surface area contributed by atoms with Crippen LogP contribution >= 0.6 is 0 Å². The Kier molecular flexibility index (Phi) is 7.20. The highest BCUT2D eigenvalue weighted by Crippen LogP contribution is 2.22. The lowest BCUT2D eigenvalue weighted by atomic mass is 9.98. The molecule has 0 spiro atoms. The Bertz CT molecular complexity index is 627. The molecule has 1 fully saturated rings. The van der Waals surface area contributed by atoms with Gasteiger partial charge < -0.3 is 15.0 Å². The van der Waals surface area contributed by atoms with Crippen LogP contribution in [-0.2, 0) is 4.74 Å². The number of pyridine rings is 1. The predicted molar refractivity (Wildman–Crippen MR) is 99.1 cm³/mol. The second kappa shape index (κ2) is 9.15. The quantitative estimate of drug-likeness (QED) is 0.752. The minimum atomic E-state index is -0.315. The van der Waals surface area contributed by atoms with E-state index in [0.717, 1.165) is 38.2 Å². The van der Waals surface area contributed by atoms with Gasteiger partial charge in [0.05, 0.1) is 6.61 Å². The average Bonchev–Trinajstić information content (AvgIpc) is 2.94. The number of likely N-dealkylation sites (tertiary alicyclic amines) is 1. The molecule has 2 N–H and O–H groups in total. The van der Waals surface area contributed by atoms with E-state index in [9.17, 15) is 9.59 Å². The number of methoxy groups -OCH3 is 1. The summed E-state index contributed by atoms with van der Waals surface area (Å²) >= 11 is 0. The maximum atomic E-state index is 12.6. The Morgan fingerprint density at radius 2 is 2.16 bits per heavy atom. The molecule has 0 aliphatic carbocycles. The summed E-state index contributed by atoms with van der Waals surface area (Å²) in [5.41, 5.74) is 0.719. The van der Waals surface area contributed by atoms with Crippen molar-refractivity contribution in [3.8, 4) is 0 Å². The van der Waals surface area contributed by atoms with Gasteiger partial charge in [-0.3, -0.25) is 14.5 Å². The molecule has 2 heterocycles. The standard InChI is InChI=1S/C19H31N3O3/c1-5-6-14-11-22(9-10-25-4)12-17(14)21-19(24)15-7-8-16(13(2)3)20-18(15)23/h7-8,13-14,17H,5-6,9-12H2,1-4H3,(H,20,23)(H,21,24)/t14-,17-/m1/s1. The third-order valence-corrected chi connectivity index (χ3v) is 4.90. The maximum absolute atomic E-state index is 12.6. The van der Waals surface area contributed by atoms with Crippen molar-refractivity contribution in [3.63, 3.8) is 0 Å². The van der Waals surface area contributed by atoms with Gasteiger partial charge in [-0.15, -0.1) is 0 Å². The van der Waals surface area contributed by atoms with Gasteiger partial charge in [-0.25, -0.2) is 0 Å². The zero-order chi connectivity index (χ0) is 18.4. The molecule has 1 amide bonds. The number of rotatable bonds is 8. The van der Waals surface area contributed by atoms with Crippen LogP contribution in [0.3, 0.4) is 0 Å². The lowest BCUT2D eigenvalue weighted by Gasteiger charge is -2.19. The molecule has 140 valence electrons. The molecular formula is C19H31N3O3.